The minimum atomic E-state index is -0.177. The van der Waals surface area contributed by atoms with Crippen molar-refractivity contribution in [2.24, 2.45) is 0 Å². The molecule has 1 amide bonds. The van der Waals surface area contributed by atoms with Gasteiger partial charge in [-0.25, -0.2) is 14.5 Å². The van der Waals surface area contributed by atoms with E-state index in [1.165, 1.54) is 10.7 Å². The van der Waals surface area contributed by atoms with Crippen molar-refractivity contribution < 1.29 is 4.79 Å². The number of amides is 1. The first-order chi connectivity index (χ1) is 11.1. The number of aromatic nitrogens is 4. The van der Waals surface area contributed by atoms with Gasteiger partial charge in [-0.15, -0.1) is 0 Å². The van der Waals surface area contributed by atoms with Crippen molar-refractivity contribution in [1.82, 2.24) is 24.6 Å². The summed E-state index contributed by atoms with van der Waals surface area (Å²) in [7, 11) is 1.85. The van der Waals surface area contributed by atoms with E-state index in [0.29, 0.717) is 29.3 Å². The van der Waals surface area contributed by atoms with Crippen molar-refractivity contribution in [3.63, 3.8) is 0 Å². The second-order valence-electron chi connectivity index (χ2n) is 5.28. The Bertz CT molecular complexity index is 908. The molecule has 3 aromatic rings. The van der Waals surface area contributed by atoms with Gasteiger partial charge in [0.1, 0.15) is 0 Å². The highest BCUT2D eigenvalue weighted by Gasteiger charge is 2.28. The third kappa shape index (κ3) is 2.29. The number of pyridine rings is 1. The van der Waals surface area contributed by atoms with Crippen LogP contribution in [-0.4, -0.2) is 44.1 Å². The molecule has 0 aliphatic carbocycles. The van der Waals surface area contributed by atoms with E-state index in [1.807, 2.05) is 24.2 Å². The number of carbonyl (C=O) groups excluding carboxylic acids is 1. The average molecular weight is 329 g/mol. The molecule has 0 atom stereocenters. The molecular formula is C15H13ClN6O. The smallest absolute Gasteiger partial charge is 0.284 e. The van der Waals surface area contributed by atoms with Crippen molar-refractivity contribution in [2.75, 3.05) is 18.6 Å². The lowest BCUT2D eigenvalue weighted by atomic mass is 10.2. The molecule has 4 rings (SSSR count). The third-order valence-corrected chi connectivity index (χ3v) is 4.07. The number of carbonyl (C=O) groups is 1. The SMILES string of the molecule is CN1c2cccnc2CCN1C(=O)c1cc2ncc(Cl)cn2n1. The molecule has 4 heterocycles. The van der Waals surface area contributed by atoms with Crippen molar-refractivity contribution in [3.8, 4) is 0 Å². The fourth-order valence-electron chi connectivity index (χ4n) is 2.74. The first kappa shape index (κ1) is 14.0. The fourth-order valence-corrected chi connectivity index (χ4v) is 2.88. The topological polar surface area (TPSA) is 66.6 Å². The van der Waals surface area contributed by atoms with E-state index in [-0.39, 0.29) is 5.91 Å². The lowest BCUT2D eigenvalue weighted by Crippen LogP contribution is -2.48. The summed E-state index contributed by atoms with van der Waals surface area (Å²) in [5, 5.41) is 8.22. The van der Waals surface area contributed by atoms with Gasteiger partial charge in [0.15, 0.2) is 11.3 Å². The zero-order chi connectivity index (χ0) is 16.0. The maximum atomic E-state index is 12.8. The fraction of sp³-hybridized carbons (Fsp3) is 0.200. The van der Waals surface area contributed by atoms with Crippen LogP contribution < -0.4 is 5.01 Å². The van der Waals surface area contributed by atoms with Gasteiger partial charge < -0.3 is 0 Å². The monoisotopic (exact) mass is 328 g/mol. The van der Waals surface area contributed by atoms with Gasteiger partial charge in [-0.1, -0.05) is 11.6 Å². The van der Waals surface area contributed by atoms with E-state index in [0.717, 1.165) is 11.4 Å². The summed E-state index contributed by atoms with van der Waals surface area (Å²) in [6, 6.07) is 5.47. The Kier molecular flexibility index (Phi) is 3.16. The second kappa shape index (κ2) is 5.20. The van der Waals surface area contributed by atoms with Gasteiger partial charge >= 0.3 is 0 Å². The van der Waals surface area contributed by atoms with E-state index in [4.69, 9.17) is 11.6 Å². The second-order valence-corrected chi connectivity index (χ2v) is 5.71. The zero-order valence-electron chi connectivity index (χ0n) is 12.3. The van der Waals surface area contributed by atoms with Crippen LogP contribution in [0.2, 0.25) is 5.02 Å². The third-order valence-electron chi connectivity index (χ3n) is 3.87. The molecule has 0 saturated carbocycles. The largest absolute Gasteiger partial charge is 0.292 e. The van der Waals surface area contributed by atoms with Crippen molar-refractivity contribution in [1.29, 1.82) is 0 Å². The molecule has 0 radical (unpaired) electrons. The summed E-state index contributed by atoms with van der Waals surface area (Å²) in [6.45, 7) is 0.557. The molecule has 0 fully saturated rings. The van der Waals surface area contributed by atoms with Crippen LogP contribution in [0, 0.1) is 0 Å². The Balaban J connectivity index is 1.68. The van der Waals surface area contributed by atoms with Crippen molar-refractivity contribution in [2.45, 2.75) is 6.42 Å². The van der Waals surface area contributed by atoms with Gasteiger partial charge in [0, 0.05) is 38.5 Å². The molecule has 0 unspecified atom stereocenters. The number of fused-ring (bicyclic) bond motifs is 2. The Morgan fingerprint density at radius 2 is 2.22 bits per heavy atom. The predicted octanol–water partition coefficient (Wildman–Crippen LogP) is 1.83. The average Bonchev–Trinajstić information content (AvgIpc) is 2.98. The van der Waals surface area contributed by atoms with Gasteiger partial charge in [0.2, 0.25) is 0 Å². The quantitative estimate of drug-likeness (QED) is 0.682. The zero-order valence-corrected chi connectivity index (χ0v) is 13.1. The molecule has 7 nitrogen and oxygen atoms in total. The molecule has 1 aliphatic heterocycles. The van der Waals surface area contributed by atoms with E-state index in [1.54, 1.807) is 23.5 Å². The van der Waals surface area contributed by atoms with Crippen LogP contribution in [0.4, 0.5) is 5.69 Å². The molecule has 8 heteroatoms. The summed E-state index contributed by atoms with van der Waals surface area (Å²) in [6.07, 6.45) is 5.63. The summed E-state index contributed by atoms with van der Waals surface area (Å²) in [5.41, 5.74) is 2.83. The number of hydrogen-bond donors (Lipinski definition) is 0. The number of rotatable bonds is 1. The molecule has 0 bridgehead atoms. The first-order valence-corrected chi connectivity index (χ1v) is 7.51. The molecule has 1 aliphatic rings. The number of hydrazine groups is 1. The summed E-state index contributed by atoms with van der Waals surface area (Å²) >= 11 is 5.90. The maximum Gasteiger partial charge on any atom is 0.292 e. The van der Waals surface area contributed by atoms with Crippen molar-refractivity contribution in [3.05, 3.63) is 53.2 Å². The van der Waals surface area contributed by atoms with Crippen LogP contribution in [0.5, 0.6) is 0 Å². The highest BCUT2D eigenvalue weighted by atomic mass is 35.5. The Morgan fingerprint density at radius 1 is 1.35 bits per heavy atom. The van der Waals surface area contributed by atoms with Crippen LogP contribution in [0.15, 0.2) is 36.8 Å². The lowest BCUT2D eigenvalue weighted by molar-refractivity contribution is 0.0731. The van der Waals surface area contributed by atoms with Gasteiger partial charge in [-0.2, -0.15) is 5.10 Å². The lowest BCUT2D eigenvalue weighted by Gasteiger charge is -2.37. The minimum absolute atomic E-state index is 0.177. The van der Waals surface area contributed by atoms with E-state index >= 15 is 0 Å². The number of anilines is 1. The van der Waals surface area contributed by atoms with Crippen LogP contribution in [0.25, 0.3) is 5.65 Å². The molecule has 0 aromatic carbocycles. The van der Waals surface area contributed by atoms with Crippen LogP contribution in [0.3, 0.4) is 0 Å². The summed E-state index contributed by atoms with van der Waals surface area (Å²) < 4.78 is 1.51. The Morgan fingerprint density at radius 3 is 3.09 bits per heavy atom. The molecule has 0 spiro atoms. The van der Waals surface area contributed by atoms with Crippen LogP contribution in [0.1, 0.15) is 16.2 Å². The maximum absolute atomic E-state index is 12.8. The van der Waals surface area contributed by atoms with Crippen molar-refractivity contribution >= 4 is 28.8 Å². The van der Waals surface area contributed by atoms with Crippen LogP contribution in [-0.2, 0) is 6.42 Å². The minimum Gasteiger partial charge on any atom is -0.284 e. The van der Waals surface area contributed by atoms with E-state index in [9.17, 15) is 4.79 Å². The van der Waals surface area contributed by atoms with E-state index in [2.05, 4.69) is 15.1 Å². The summed E-state index contributed by atoms with van der Waals surface area (Å²) in [5.74, 6) is -0.177. The molecular weight excluding hydrogens is 316 g/mol. The predicted molar refractivity (Wildman–Crippen MR) is 85.4 cm³/mol. The highest BCUT2D eigenvalue weighted by molar-refractivity contribution is 6.30. The standard InChI is InChI=1S/C15H13ClN6O/c1-20-13-3-2-5-17-11(13)4-6-22(20)15(23)12-7-14-18-8-10(16)9-21(14)19-12/h2-3,5,7-9H,4,6H2,1H3. The molecule has 23 heavy (non-hydrogen) atoms. The first-order valence-electron chi connectivity index (χ1n) is 7.14. The molecule has 0 saturated heterocycles. The van der Waals surface area contributed by atoms with Crippen LogP contribution >= 0.6 is 11.6 Å². The Hall–Kier alpha value is -2.67. The normalized spacial score (nSPS) is 14.2. The number of nitrogens with zero attached hydrogens (tertiary/aromatic N) is 6. The number of hydrogen-bond acceptors (Lipinski definition) is 5. The molecule has 116 valence electrons. The van der Waals surface area contributed by atoms with Gasteiger partial charge in [-0.3, -0.25) is 14.8 Å². The summed E-state index contributed by atoms with van der Waals surface area (Å²) in [4.78, 5) is 21.3. The van der Waals surface area contributed by atoms with E-state index < -0.39 is 0 Å². The van der Waals surface area contributed by atoms with Gasteiger partial charge in [-0.05, 0) is 12.1 Å². The molecule has 3 aromatic heterocycles. The Labute approximate surface area is 137 Å². The molecule has 0 N–H and O–H groups in total. The number of halogens is 1. The van der Waals surface area contributed by atoms with Gasteiger partial charge in [0.25, 0.3) is 5.91 Å². The highest BCUT2D eigenvalue weighted by Crippen LogP contribution is 2.25. The van der Waals surface area contributed by atoms with Gasteiger partial charge in [0.05, 0.1) is 22.6 Å².